The Morgan fingerprint density at radius 3 is 2.37 bits per heavy atom. The molecule has 3 heterocycles. The van der Waals surface area contributed by atoms with Gasteiger partial charge in [-0.2, -0.15) is 0 Å². The molecule has 43 heavy (non-hydrogen) atoms. The fraction of sp³-hybridized carbons (Fsp3) is 0.235. The van der Waals surface area contributed by atoms with Crippen molar-refractivity contribution in [3.8, 4) is 22.5 Å². The SMILES string of the molecule is CCNc1cc2oc(-c3ccc(F)cc3)c(C(=O)NC)c2cc1-c1ccc(C)c(C(=O)CC2(c3ncccn3)COC2)c1. The minimum Gasteiger partial charge on any atom is -0.455 e. The first kappa shape index (κ1) is 28.2. The Labute approximate surface area is 248 Å². The number of fused-ring (bicyclic) bond motifs is 1. The van der Waals surface area contributed by atoms with Crippen LogP contribution in [0.15, 0.2) is 77.5 Å². The van der Waals surface area contributed by atoms with Crippen molar-refractivity contribution in [2.45, 2.75) is 25.7 Å². The van der Waals surface area contributed by atoms with E-state index in [9.17, 15) is 14.0 Å². The topological polar surface area (TPSA) is 106 Å². The molecule has 1 amide bonds. The molecule has 1 aliphatic heterocycles. The van der Waals surface area contributed by atoms with E-state index in [-0.39, 0.29) is 23.9 Å². The number of hydrogen-bond acceptors (Lipinski definition) is 7. The van der Waals surface area contributed by atoms with Gasteiger partial charge in [0.15, 0.2) is 5.78 Å². The zero-order valence-electron chi connectivity index (χ0n) is 24.2. The van der Waals surface area contributed by atoms with Crippen LogP contribution in [0, 0.1) is 12.7 Å². The van der Waals surface area contributed by atoms with Crippen molar-refractivity contribution < 1.29 is 23.1 Å². The van der Waals surface area contributed by atoms with E-state index >= 15 is 0 Å². The third-order valence-corrected chi connectivity index (χ3v) is 7.90. The summed E-state index contributed by atoms with van der Waals surface area (Å²) in [7, 11) is 1.56. The highest BCUT2D eigenvalue weighted by molar-refractivity contribution is 6.13. The van der Waals surface area contributed by atoms with Crippen LogP contribution in [0.4, 0.5) is 10.1 Å². The summed E-state index contributed by atoms with van der Waals surface area (Å²) in [5.41, 5.74) is 4.78. The number of benzene rings is 3. The molecule has 218 valence electrons. The Morgan fingerprint density at radius 2 is 1.72 bits per heavy atom. The highest BCUT2D eigenvalue weighted by Crippen LogP contribution is 2.41. The van der Waals surface area contributed by atoms with Gasteiger partial charge in [-0.05, 0) is 67.4 Å². The molecule has 0 radical (unpaired) electrons. The molecule has 8 nitrogen and oxygen atoms in total. The minimum absolute atomic E-state index is 0.0193. The average Bonchev–Trinajstić information content (AvgIpc) is 3.37. The highest BCUT2D eigenvalue weighted by atomic mass is 19.1. The number of hydrogen-bond donors (Lipinski definition) is 2. The van der Waals surface area contributed by atoms with Gasteiger partial charge in [-0.1, -0.05) is 12.1 Å². The monoisotopic (exact) mass is 578 g/mol. The largest absolute Gasteiger partial charge is 0.455 e. The zero-order chi connectivity index (χ0) is 30.1. The summed E-state index contributed by atoms with van der Waals surface area (Å²) in [6.07, 6.45) is 3.59. The van der Waals surface area contributed by atoms with Gasteiger partial charge in [-0.15, -0.1) is 0 Å². The number of ether oxygens (including phenoxy) is 1. The van der Waals surface area contributed by atoms with Crippen LogP contribution < -0.4 is 10.6 Å². The van der Waals surface area contributed by atoms with Crippen molar-refractivity contribution in [3.05, 3.63) is 101 Å². The lowest BCUT2D eigenvalue weighted by Gasteiger charge is -2.39. The number of anilines is 1. The first-order valence-corrected chi connectivity index (χ1v) is 14.2. The number of Topliss-reactive ketones (excluding diaryl/α,β-unsaturated/α-hetero) is 1. The Morgan fingerprint density at radius 1 is 1.00 bits per heavy atom. The van der Waals surface area contributed by atoms with Crippen LogP contribution in [0.1, 0.15) is 45.4 Å². The Balaban J connectivity index is 1.45. The predicted octanol–water partition coefficient (Wildman–Crippen LogP) is 6.34. The first-order valence-electron chi connectivity index (χ1n) is 14.2. The third kappa shape index (κ3) is 5.17. The van der Waals surface area contributed by atoms with E-state index in [4.69, 9.17) is 9.15 Å². The number of nitrogens with one attached hydrogen (secondary N) is 2. The van der Waals surface area contributed by atoms with Crippen molar-refractivity contribution >= 4 is 28.3 Å². The van der Waals surface area contributed by atoms with E-state index in [1.807, 2.05) is 44.2 Å². The molecule has 9 heteroatoms. The van der Waals surface area contributed by atoms with Gasteiger partial charge in [-0.25, -0.2) is 14.4 Å². The van der Waals surface area contributed by atoms with Gasteiger partial charge >= 0.3 is 0 Å². The van der Waals surface area contributed by atoms with Crippen LogP contribution in [0.3, 0.4) is 0 Å². The van der Waals surface area contributed by atoms with Crippen molar-refractivity contribution in [2.24, 2.45) is 0 Å². The van der Waals surface area contributed by atoms with Crippen molar-refractivity contribution in [1.82, 2.24) is 15.3 Å². The second-order valence-corrected chi connectivity index (χ2v) is 10.8. The van der Waals surface area contributed by atoms with Crippen LogP contribution >= 0.6 is 0 Å². The maximum Gasteiger partial charge on any atom is 0.255 e. The maximum absolute atomic E-state index is 13.8. The number of ketones is 1. The number of rotatable bonds is 9. The van der Waals surface area contributed by atoms with E-state index in [0.29, 0.717) is 59.0 Å². The van der Waals surface area contributed by atoms with Gasteiger partial charge in [0.2, 0.25) is 0 Å². The predicted molar refractivity (Wildman–Crippen MR) is 163 cm³/mol. The molecule has 0 spiro atoms. The molecule has 3 aromatic carbocycles. The lowest BCUT2D eigenvalue weighted by Crippen LogP contribution is -2.49. The molecule has 2 aromatic heterocycles. The molecule has 1 fully saturated rings. The van der Waals surface area contributed by atoms with E-state index in [1.165, 1.54) is 12.1 Å². The lowest BCUT2D eigenvalue weighted by molar-refractivity contribution is -0.0644. The fourth-order valence-corrected chi connectivity index (χ4v) is 5.60. The summed E-state index contributed by atoms with van der Waals surface area (Å²) in [4.78, 5) is 35.8. The van der Waals surface area contributed by atoms with Crippen LogP contribution in [0.5, 0.6) is 0 Å². The number of halogens is 1. The van der Waals surface area contributed by atoms with Crippen LogP contribution in [-0.2, 0) is 10.2 Å². The molecule has 6 rings (SSSR count). The van der Waals surface area contributed by atoms with Gasteiger partial charge in [0, 0.05) is 66.2 Å². The average molecular weight is 579 g/mol. The zero-order valence-corrected chi connectivity index (χ0v) is 24.2. The summed E-state index contributed by atoms with van der Waals surface area (Å²) < 4.78 is 25.4. The standard InChI is InChI=1S/C34H31FN4O4/c1-4-37-27-16-29-26(30(32(41)36-3)31(43-29)21-8-10-23(35)11-9-21)15-25(27)22-7-6-20(2)24(14-22)28(40)17-34(18-42-19-34)33-38-12-5-13-39-33/h5-16,37H,4,17-19H2,1-3H3,(H,36,41). The normalized spacial score (nSPS) is 13.9. The van der Waals surface area contributed by atoms with Crippen molar-refractivity contribution in [1.29, 1.82) is 0 Å². The van der Waals surface area contributed by atoms with Gasteiger partial charge in [-0.3, -0.25) is 9.59 Å². The van der Waals surface area contributed by atoms with Gasteiger partial charge in [0.05, 0.1) is 24.2 Å². The second-order valence-electron chi connectivity index (χ2n) is 10.8. The molecule has 2 N–H and O–H groups in total. The molecular weight excluding hydrogens is 547 g/mol. The summed E-state index contributed by atoms with van der Waals surface area (Å²) in [6.45, 7) is 5.34. The van der Waals surface area contributed by atoms with E-state index in [2.05, 4.69) is 20.6 Å². The lowest BCUT2D eigenvalue weighted by atomic mass is 9.78. The summed E-state index contributed by atoms with van der Waals surface area (Å²) in [5.74, 6) is 0.243. The smallest absolute Gasteiger partial charge is 0.255 e. The molecule has 1 saturated heterocycles. The number of aromatic nitrogens is 2. The molecule has 0 unspecified atom stereocenters. The Bertz CT molecular complexity index is 1830. The van der Waals surface area contributed by atoms with Gasteiger partial charge < -0.3 is 19.8 Å². The number of carbonyl (C=O) groups is 2. The fourth-order valence-electron chi connectivity index (χ4n) is 5.60. The quantitative estimate of drug-likeness (QED) is 0.197. The number of amides is 1. The number of nitrogens with zero attached hydrogens (tertiary/aromatic N) is 2. The molecule has 1 aliphatic rings. The van der Waals surface area contributed by atoms with E-state index < -0.39 is 5.41 Å². The Kier molecular flexibility index (Phi) is 7.50. The van der Waals surface area contributed by atoms with Crippen LogP contribution in [0.25, 0.3) is 33.4 Å². The summed E-state index contributed by atoms with van der Waals surface area (Å²) in [5, 5.41) is 6.71. The van der Waals surface area contributed by atoms with E-state index in [0.717, 1.165) is 22.4 Å². The van der Waals surface area contributed by atoms with E-state index in [1.54, 1.807) is 37.6 Å². The van der Waals surface area contributed by atoms with Gasteiger partial charge in [0.25, 0.3) is 5.91 Å². The highest BCUT2D eigenvalue weighted by Gasteiger charge is 2.45. The Hall–Kier alpha value is -4.89. The molecule has 0 saturated carbocycles. The van der Waals surface area contributed by atoms with Gasteiger partial charge in [0.1, 0.15) is 23.0 Å². The third-order valence-electron chi connectivity index (χ3n) is 7.90. The van der Waals surface area contributed by atoms with Crippen LogP contribution in [-0.4, -0.2) is 48.5 Å². The summed E-state index contributed by atoms with van der Waals surface area (Å²) in [6, 6.07) is 17.2. The molecule has 0 bridgehead atoms. The minimum atomic E-state index is -0.551. The number of aryl methyl sites for hydroxylation is 1. The number of furan rings is 1. The first-order chi connectivity index (χ1) is 20.8. The second kappa shape index (κ2) is 11.4. The van der Waals surface area contributed by atoms with Crippen molar-refractivity contribution in [2.75, 3.05) is 32.1 Å². The maximum atomic E-state index is 13.8. The number of carbonyl (C=O) groups excluding carboxylic acids is 2. The van der Waals surface area contributed by atoms with Crippen LogP contribution in [0.2, 0.25) is 0 Å². The molecule has 0 aliphatic carbocycles. The van der Waals surface area contributed by atoms with Crippen molar-refractivity contribution in [3.63, 3.8) is 0 Å². The molecule has 0 atom stereocenters. The molecular formula is C34H31FN4O4. The molecule has 5 aromatic rings. The summed E-state index contributed by atoms with van der Waals surface area (Å²) >= 11 is 0.